The van der Waals surface area contributed by atoms with E-state index < -0.39 is 0 Å². The first-order valence-corrected chi connectivity index (χ1v) is 11.9. The fourth-order valence-electron chi connectivity index (χ4n) is 5.18. The Labute approximate surface area is 184 Å². The van der Waals surface area contributed by atoms with Gasteiger partial charge in [0.05, 0.1) is 18.1 Å². The number of halogens is 1. The van der Waals surface area contributed by atoms with Crippen LogP contribution in [0.3, 0.4) is 0 Å². The monoisotopic (exact) mass is 432 g/mol. The number of carbonyl (C=O) groups excluding carboxylic acids is 2. The van der Waals surface area contributed by atoms with E-state index in [4.69, 9.17) is 16.3 Å². The summed E-state index contributed by atoms with van der Waals surface area (Å²) in [5.74, 6) is 0.576. The van der Waals surface area contributed by atoms with Gasteiger partial charge in [-0.05, 0) is 56.2 Å². The van der Waals surface area contributed by atoms with E-state index in [-0.39, 0.29) is 29.4 Å². The molecule has 0 bridgehead atoms. The Hall–Kier alpha value is -1.59. The second-order valence-electron chi connectivity index (χ2n) is 9.23. The number of rotatable bonds is 5. The van der Waals surface area contributed by atoms with Gasteiger partial charge in [0.2, 0.25) is 11.8 Å². The lowest BCUT2D eigenvalue weighted by Gasteiger charge is -2.39. The van der Waals surface area contributed by atoms with Gasteiger partial charge in [-0.1, -0.05) is 43.0 Å². The van der Waals surface area contributed by atoms with Crippen molar-refractivity contribution in [2.45, 2.75) is 75.9 Å². The van der Waals surface area contributed by atoms with Gasteiger partial charge in [-0.2, -0.15) is 0 Å². The average Bonchev–Trinajstić information content (AvgIpc) is 3.17. The number of carbonyl (C=O) groups is 2. The van der Waals surface area contributed by atoms with Gasteiger partial charge in [0, 0.05) is 30.6 Å². The molecule has 5 nitrogen and oxygen atoms in total. The van der Waals surface area contributed by atoms with E-state index >= 15 is 0 Å². The smallest absolute Gasteiger partial charge is 0.226 e. The van der Waals surface area contributed by atoms with Crippen LogP contribution in [-0.4, -0.2) is 48.1 Å². The lowest BCUT2D eigenvalue weighted by Crippen LogP contribution is -2.47. The van der Waals surface area contributed by atoms with E-state index in [1.54, 1.807) is 0 Å². The summed E-state index contributed by atoms with van der Waals surface area (Å²) in [5.41, 5.74) is 0.882. The van der Waals surface area contributed by atoms with E-state index in [0.717, 1.165) is 57.2 Å². The molecule has 1 saturated carbocycles. The van der Waals surface area contributed by atoms with Crippen LogP contribution in [0.4, 0.5) is 0 Å². The van der Waals surface area contributed by atoms with Gasteiger partial charge in [-0.25, -0.2) is 0 Å². The molecule has 2 heterocycles. The Bertz CT molecular complexity index is 737. The van der Waals surface area contributed by atoms with E-state index in [0.29, 0.717) is 18.0 Å². The number of hydrogen-bond donors (Lipinski definition) is 1. The third-order valence-electron chi connectivity index (χ3n) is 7.11. The summed E-state index contributed by atoms with van der Waals surface area (Å²) in [6.07, 6.45) is 9.97. The Balaban J connectivity index is 1.20. The number of nitrogens with zero attached hydrogens (tertiary/aromatic N) is 1. The molecule has 4 rings (SSSR count). The second kappa shape index (κ2) is 9.69. The highest BCUT2D eigenvalue weighted by molar-refractivity contribution is 6.30. The largest absolute Gasteiger partial charge is 0.370 e. The Morgan fingerprint density at radius 1 is 1.03 bits per heavy atom. The molecule has 1 atom stereocenters. The van der Waals surface area contributed by atoms with Crippen molar-refractivity contribution in [2.75, 3.05) is 19.6 Å². The zero-order chi connectivity index (χ0) is 21.0. The average molecular weight is 433 g/mol. The number of piperidine rings is 1. The maximum Gasteiger partial charge on any atom is 0.226 e. The molecular weight excluding hydrogens is 400 g/mol. The van der Waals surface area contributed by atoms with Gasteiger partial charge in [0.15, 0.2) is 0 Å². The van der Waals surface area contributed by atoms with Gasteiger partial charge in [0.1, 0.15) is 0 Å². The number of hydrogen-bond acceptors (Lipinski definition) is 3. The lowest BCUT2D eigenvalue weighted by molar-refractivity contribution is -0.137. The minimum atomic E-state index is -0.114. The number of nitrogens with one attached hydrogen (secondary N) is 1. The van der Waals surface area contributed by atoms with Crippen LogP contribution in [0.25, 0.3) is 0 Å². The summed E-state index contributed by atoms with van der Waals surface area (Å²) < 4.78 is 6.42. The van der Waals surface area contributed by atoms with Crippen molar-refractivity contribution in [3.05, 3.63) is 34.9 Å². The maximum absolute atomic E-state index is 12.7. The zero-order valence-electron chi connectivity index (χ0n) is 17.7. The third-order valence-corrected chi connectivity index (χ3v) is 7.37. The third kappa shape index (κ3) is 5.36. The van der Waals surface area contributed by atoms with Crippen LogP contribution in [0, 0.1) is 5.92 Å². The number of benzene rings is 1. The number of likely N-dealkylation sites (tertiary alicyclic amines) is 1. The fraction of sp³-hybridized carbons (Fsp3) is 0.667. The molecule has 1 aromatic rings. The van der Waals surface area contributed by atoms with Gasteiger partial charge < -0.3 is 15.0 Å². The maximum atomic E-state index is 12.7. The topological polar surface area (TPSA) is 58.6 Å². The van der Waals surface area contributed by atoms with Crippen molar-refractivity contribution in [3.63, 3.8) is 0 Å². The van der Waals surface area contributed by atoms with Crippen molar-refractivity contribution >= 4 is 23.4 Å². The normalized spacial score (nSPS) is 24.2. The molecule has 3 aliphatic rings. The first kappa shape index (κ1) is 21.6. The molecule has 1 unspecified atom stereocenters. The van der Waals surface area contributed by atoms with Crippen molar-refractivity contribution < 1.29 is 14.3 Å². The van der Waals surface area contributed by atoms with Gasteiger partial charge in [-0.3, -0.25) is 9.59 Å². The molecule has 1 N–H and O–H groups in total. The molecule has 1 spiro atoms. The summed E-state index contributed by atoms with van der Waals surface area (Å²) in [6.45, 7) is 2.11. The molecule has 1 aliphatic carbocycles. The van der Waals surface area contributed by atoms with Crippen molar-refractivity contribution in [2.24, 2.45) is 5.92 Å². The highest BCUT2D eigenvalue weighted by Gasteiger charge is 2.43. The molecule has 1 aromatic carbocycles. The molecule has 2 aliphatic heterocycles. The van der Waals surface area contributed by atoms with Crippen molar-refractivity contribution in [3.8, 4) is 0 Å². The van der Waals surface area contributed by atoms with Gasteiger partial charge >= 0.3 is 0 Å². The zero-order valence-corrected chi connectivity index (χ0v) is 18.5. The molecule has 6 heteroatoms. The van der Waals surface area contributed by atoms with Crippen LogP contribution >= 0.6 is 11.6 Å². The summed E-state index contributed by atoms with van der Waals surface area (Å²) in [5, 5.41) is 3.83. The molecule has 164 valence electrons. The summed E-state index contributed by atoms with van der Waals surface area (Å²) in [4.78, 5) is 27.0. The predicted molar refractivity (Wildman–Crippen MR) is 117 cm³/mol. The minimum absolute atomic E-state index is 0.105. The quantitative estimate of drug-likeness (QED) is 0.761. The van der Waals surface area contributed by atoms with E-state index in [2.05, 4.69) is 5.32 Å². The van der Waals surface area contributed by atoms with Crippen LogP contribution in [-0.2, 0) is 20.7 Å². The van der Waals surface area contributed by atoms with Crippen molar-refractivity contribution in [1.82, 2.24) is 10.2 Å². The Morgan fingerprint density at radius 2 is 1.73 bits per heavy atom. The molecule has 2 saturated heterocycles. The van der Waals surface area contributed by atoms with E-state index in [9.17, 15) is 9.59 Å². The Morgan fingerprint density at radius 3 is 2.43 bits per heavy atom. The van der Waals surface area contributed by atoms with E-state index in [1.165, 1.54) is 19.3 Å². The highest BCUT2D eigenvalue weighted by atomic mass is 35.5. The number of amides is 2. The lowest BCUT2D eigenvalue weighted by atomic mass is 9.88. The molecule has 30 heavy (non-hydrogen) atoms. The van der Waals surface area contributed by atoms with Crippen LogP contribution < -0.4 is 5.32 Å². The predicted octanol–water partition coefficient (Wildman–Crippen LogP) is 4.12. The number of ether oxygens (including phenoxy) is 1. The molecule has 3 fully saturated rings. The van der Waals surface area contributed by atoms with Crippen molar-refractivity contribution in [1.29, 1.82) is 0 Å². The molecule has 0 radical (unpaired) electrons. The van der Waals surface area contributed by atoms with Crippen LogP contribution in [0.15, 0.2) is 24.3 Å². The van der Waals surface area contributed by atoms with Crippen LogP contribution in [0.2, 0.25) is 5.02 Å². The fourth-order valence-corrected chi connectivity index (χ4v) is 5.31. The summed E-state index contributed by atoms with van der Waals surface area (Å²) in [7, 11) is 0. The second-order valence-corrected chi connectivity index (χ2v) is 9.66. The molecule has 2 amide bonds. The standard InChI is InChI=1S/C24H33ClN2O3/c25-20-8-6-18(7-9-20)16-22(28)27-14-12-24(13-15-27)11-10-21(30-24)17-26-23(29)19-4-2-1-3-5-19/h6-9,19,21H,1-5,10-17H2,(H,26,29). The van der Waals surface area contributed by atoms with Crippen LogP contribution in [0.1, 0.15) is 63.4 Å². The molecular formula is C24H33ClN2O3. The first-order valence-electron chi connectivity index (χ1n) is 11.5. The molecule has 0 aromatic heterocycles. The SMILES string of the molecule is O=C(NCC1CCC2(CCN(C(=O)Cc3ccc(Cl)cc3)CC2)O1)C1CCCCC1. The van der Waals surface area contributed by atoms with Crippen LogP contribution in [0.5, 0.6) is 0 Å². The highest BCUT2D eigenvalue weighted by Crippen LogP contribution is 2.39. The van der Waals surface area contributed by atoms with E-state index in [1.807, 2.05) is 29.2 Å². The minimum Gasteiger partial charge on any atom is -0.370 e. The summed E-state index contributed by atoms with van der Waals surface area (Å²) in [6, 6.07) is 7.49. The van der Waals surface area contributed by atoms with Gasteiger partial charge in [-0.15, -0.1) is 0 Å². The summed E-state index contributed by atoms with van der Waals surface area (Å²) >= 11 is 5.92. The Kier molecular flexibility index (Phi) is 6.99. The first-order chi connectivity index (χ1) is 14.5. The van der Waals surface area contributed by atoms with Gasteiger partial charge in [0.25, 0.3) is 0 Å².